The van der Waals surface area contributed by atoms with Gasteiger partial charge in [0.2, 0.25) is 10.0 Å². The van der Waals surface area contributed by atoms with Gasteiger partial charge >= 0.3 is 0 Å². The lowest BCUT2D eigenvalue weighted by molar-refractivity contribution is 0.120. The van der Waals surface area contributed by atoms with E-state index in [-0.39, 0.29) is 10.9 Å². The number of likely N-dealkylation sites (tertiary alicyclic amines) is 1. The lowest BCUT2D eigenvalue weighted by Gasteiger charge is -2.38. The number of H-pyrrole nitrogens is 1. The van der Waals surface area contributed by atoms with Gasteiger partial charge < -0.3 is 9.55 Å². The van der Waals surface area contributed by atoms with Gasteiger partial charge in [-0.15, -0.1) is 0 Å². The highest BCUT2D eigenvalue weighted by Crippen LogP contribution is 2.32. The molecule has 0 bridgehead atoms. The molecule has 1 aliphatic rings. The maximum Gasteiger partial charge on any atom is 0.240 e. The summed E-state index contributed by atoms with van der Waals surface area (Å²) in [5.41, 5.74) is 3.15. The molecule has 1 unspecified atom stereocenters. The van der Waals surface area contributed by atoms with Crippen LogP contribution in [-0.4, -0.2) is 42.5 Å². The zero-order chi connectivity index (χ0) is 20.0. The second-order valence-electron chi connectivity index (χ2n) is 7.70. The van der Waals surface area contributed by atoms with Gasteiger partial charge in [0.1, 0.15) is 0 Å². The summed E-state index contributed by atoms with van der Waals surface area (Å²) < 4.78 is 30.9. The van der Waals surface area contributed by atoms with E-state index in [9.17, 15) is 8.42 Å². The van der Waals surface area contributed by atoms with Gasteiger partial charge in [-0.2, -0.15) is 0 Å². The van der Waals surface area contributed by atoms with E-state index in [0.29, 0.717) is 6.54 Å². The van der Waals surface area contributed by atoms with E-state index >= 15 is 0 Å². The Morgan fingerprint density at radius 3 is 2.76 bits per heavy atom. The number of nitrogens with one attached hydrogen (secondary N) is 2. The second-order valence-corrected chi connectivity index (χ2v) is 9.46. The monoisotopic (exact) mass is 408 g/mol. The van der Waals surface area contributed by atoms with Crippen LogP contribution in [0.2, 0.25) is 0 Å². The largest absolute Gasteiger partial charge is 0.361 e. The third-order valence-corrected chi connectivity index (χ3v) is 7.34. The van der Waals surface area contributed by atoms with Crippen LogP contribution < -0.4 is 4.72 Å². The van der Waals surface area contributed by atoms with Gasteiger partial charge in [-0.1, -0.05) is 24.3 Å². The van der Waals surface area contributed by atoms with Crippen LogP contribution in [0.3, 0.4) is 0 Å². The van der Waals surface area contributed by atoms with Crippen LogP contribution >= 0.6 is 0 Å². The molecule has 2 aromatic heterocycles. The zero-order valence-corrected chi connectivity index (χ0v) is 17.1. The van der Waals surface area contributed by atoms with Gasteiger partial charge in [0.15, 0.2) is 0 Å². The molecule has 0 spiro atoms. The molecule has 3 heterocycles. The van der Waals surface area contributed by atoms with Crippen LogP contribution in [0.5, 0.6) is 0 Å². The first kappa shape index (κ1) is 18.4. The summed E-state index contributed by atoms with van der Waals surface area (Å²) in [7, 11) is -1.56. The van der Waals surface area contributed by atoms with Crippen LogP contribution in [0, 0.1) is 0 Å². The highest BCUT2D eigenvalue weighted by molar-refractivity contribution is 7.89. The molecule has 1 fully saturated rings. The zero-order valence-electron chi connectivity index (χ0n) is 16.3. The van der Waals surface area contributed by atoms with E-state index in [1.54, 1.807) is 12.1 Å². The van der Waals surface area contributed by atoms with Crippen molar-refractivity contribution in [3.8, 4) is 0 Å². The Bertz CT molecular complexity index is 1280. The van der Waals surface area contributed by atoms with Gasteiger partial charge in [-0.3, -0.25) is 4.90 Å². The molecule has 0 saturated carbocycles. The molecule has 4 aromatic rings. The fraction of sp³-hybridized carbons (Fsp3) is 0.273. The standard InChI is InChI=1S/C22H24N4O2S/c1-25-15-19(18-5-2-3-6-21(18)25)22(26-11-4-12-26)14-24-29(27,28)17-8-7-16-9-10-23-20(16)13-17/h2-3,5-10,13,15,22-24H,4,11-12,14H2,1H3. The number of para-hydroxylation sites is 1. The number of nitrogens with zero attached hydrogens (tertiary/aromatic N) is 2. The van der Waals surface area contributed by atoms with Crippen LogP contribution in [0.4, 0.5) is 0 Å². The van der Waals surface area contributed by atoms with Crippen LogP contribution in [-0.2, 0) is 17.1 Å². The summed E-state index contributed by atoms with van der Waals surface area (Å²) in [4.78, 5) is 5.71. The molecule has 7 heteroatoms. The Hall–Kier alpha value is -2.61. The number of hydrogen-bond donors (Lipinski definition) is 2. The first-order valence-electron chi connectivity index (χ1n) is 9.88. The molecule has 1 aliphatic heterocycles. The smallest absolute Gasteiger partial charge is 0.240 e. The molecule has 5 rings (SSSR count). The van der Waals surface area contributed by atoms with Gasteiger partial charge in [-0.05, 0) is 41.6 Å². The Labute approximate surface area is 170 Å². The van der Waals surface area contributed by atoms with Crippen molar-refractivity contribution in [3.05, 3.63) is 66.5 Å². The fourth-order valence-electron chi connectivity index (χ4n) is 4.19. The van der Waals surface area contributed by atoms with Crippen molar-refractivity contribution in [1.29, 1.82) is 0 Å². The lowest BCUT2D eigenvalue weighted by Crippen LogP contribution is -2.45. The van der Waals surface area contributed by atoms with Crippen LogP contribution in [0.25, 0.3) is 21.8 Å². The Morgan fingerprint density at radius 2 is 1.97 bits per heavy atom. The summed E-state index contributed by atoms with van der Waals surface area (Å²) in [6, 6.07) is 15.4. The Morgan fingerprint density at radius 1 is 1.14 bits per heavy atom. The SMILES string of the molecule is Cn1cc(C(CNS(=O)(=O)c2ccc3cc[nH]c3c2)N2CCC2)c2ccccc21. The fourth-order valence-corrected chi connectivity index (χ4v) is 5.26. The quantitative estimate of drug-likeness (QED) is 0.514. The number of rotatable bonds is 6. The number of fused-ring (bicyclic) bond motifs is 2. The third kappa shape index (κ3) is 3.25. The maximum atomic E-state index is 13.0. The first-order chi connectivity index (χ1) is 14.0. The first-order valence-corrected chi connectivity index (χ1v) is 11.4. The van der Waals surface area contributed by atoms with Gasteiger partial charge in [0, 0.05) is 55.5 Å². The summed E-state index contributed by atoms with van der Waals surface area (Å²) in [6.45, 7) is 2.33. The van der Waals surface area contributed by atoms with Gasteiger partial charge in [0.25, 0.3) is 0 Å². The number of aromatic amines is 1. The minimum Gasteiger partial charge on any atom is -0.361 e. The maximum absolute atomic E-state index is 13.0. The van der Waals surface area contributed by atoms with Crippen molar-refractivity contribution in [3.63, 3.8) is 0 Å². The number of hydrogen-bond acceptors (Lipinski definition) is 3. The topological polar surface area (TPSA) is 70.1 Å². The van der Waals surface area contributed by atoms with Crippen molar-refractivity contribution in [2.75, 3.05) is 19.6 Å². The summed E-state index contributed by atoms with van der Waals surface area (Å²) in [5, 5.41) is 2.18. The molecule has 0 amide bonds. The van der Waals surface area contributed by atoms with Crippen LogP contribution in [0.15, 0.2) is 65.8 Å². The van der Waals surface area contributed by atoms with Crippen molar-refractivity contribution in [2.24, 2.45) is 7.05 Å². The number of benzene rings is 2. The minimum absolute atomic E-state index is 0.0128. The second kappa shape index (κ2) is 7.02. The van der Waals surface area contributed by atoms with E-state index in [2.05, 4.69) is 37.5 Å². The molecule has 1 saturated heterocycles. The molecule has 2 aromatic carbocycles. The number of aryl methyl sites for hydroxylation is 1. The molecular formula is C22H24N4O2S. The Kier molecular flexibility index (Phi) is 4.46. The van der Waals surface area contributed by atoms with Crippen molar-refractivity contribution in [2.45, 2.75) is 17.4 Å². The summed E-state index contributed by atoms with van der Waals surface area (Å²) in [6.07, 6.45) is 5.10. The average Bonchev–Trinajstić information content (AvgIpc) is 3.28. The van der Waals surface area contributed by atoms with Crippen LogP contribution in [0.1, 0.15) is 18.0 Å². The predicted molar refractivity (Wildman–Crippen MR) is 115 cm³/mol. The summed E-state index contributed by atoms with van der Waals surface area (Å²) >= 11 is 0. The number of aromatic nitrogens is 2. The molecule has 150 valence electrons. The van der Waals surface area contributed by atoms with E-state index < -0.39 is 10.0 Å². The van der Waals surface area contributed by atoms with E-state index in [1.807, 2.05) is 37.5 Å². The van der Waals surface area contributed by atoms with E-state index in [4.69, 9.17) is 0 Å². The average molecular weight is 409 g/mol. The highest BCUT2D eigenvalue weighted by atomic mass is 32.2. The molecule has 1 atom stereocenters. The molecule has 0 aliphatic carbocycles. The molecular weight excluding hydrogens is 384 g/mol. The third-order valence-electron chi connectivity index (χ3n) is 5.92. The van der Waals surface area contributed by atoms with E-state index in [0.717, 1.165) is 35.9 Å². The van der Waals surface area contributed by atoms with Crippen molar-refractivity contribution < 1.29 is 8.42 Å². The minimum atomic E-state index is -3.60. The molecule has 2 N–H and O–H groups in total. The number of sulfonamides is 1. The highest BCUT2D eigenvalue weighted by Gasteiger charge is 2.29. The van der Waals surface area contributed by atoms with Crippen molar-refractivity contribution in [1.82, 2.24) is 19.2 Å². The molecule has 0 radical (unpaired) electrons. The predicted octanol–water partition coefficient (Wildman–Crippen LogP) is 3.38. The van der Waals surface area contributed by atoms with Gasteiger partial charge in [0.05, 0.1) is 10.9 Å². The Balaban J connectivity index is 1.45. The van der Waals surface area contributed by atoms with Gasteiger partial charge in [-0.25, -0.2) is 13.1 Å². The molecule has 29 heavy (non-hydrogen) atoms. The van der Waals surface area contributed by atoms with E-state index in [1.165, 1.54) is 10.9 Å². The molecule has 6 nitrogen and oxygen atoms in total. The summed E-state index contributed by atoms with van der Waals surface area (Å²) in [5.74, 6) is 0. The normalized spacial score (nSPS) is 16.3. The lowest BCUT2D eigenvalue weighted by atomic mass is 10.0. The van der Waals surface area contributed by atoms with Crippen molar-refractivity contribution >= 4 is 31.8 Å².